The molecule has 1 unspecified atom stereocenters. The fourth-order valence-electron chi connectivity index (χ4n) is 2.43. The second kappa shape index (κ2) is 6.56. The average Bonchev–Trinajstić information content (AvgIpc) is 2.81. The number of fused-ring (bicyclic) bond motifs is 1. The molecular weight excluding hydrogens is 268 g/mol. The van der Waals surface area contributed by atoms with Gasteiger partial charge in [-0.1, -0.05) is 26.2 Å². The normalized spacial score (nSPS) is 12.5. The van der Waals surface area contributed by atoms with E-state index in [0.717, 1.165) is 18.2 Å². The molecule has 0 amide bonds. The van der Waals surface area contributed by atoms with Gasteiger partial charge in [-0.15, -0.1) is 0 Å². The summed E-state index contributed by atoms with van der Waals surface area (Å²) < 4.78 is 1.65. The van der Waals surface area contributed by atoms with Gasteiger partial charge in [0, 0.05) is 19.3 Å². The molecule has 6 nitrogen and oxygen atoms in total. The summed E-state index contributed by atoms with van der Waals surface area (Å²) in [6.07, 6.45) is 7.57. The van der Waals surface area contributed by atoms with Crippen LogP contribution in [0.25, 0.3) is 11.0 Å². The Labute approximate surface area is 124 Å². The van der Waals surface area contributed by atoms with Gasteiger partial charge in [0.1, 0.15) is 5.56 Å². The lowest BCUT2D eigenvalue weighted by Crippen LogP contribution is -2.18. The molecule has 0 aliphatic carbocycles. The second-order valence-electron chi connectivity index (χ2n) is 5.40. The number of nitrogens with zero attached hydrogens (tertiary/aromatic N) is 3. The molecule has 0 spiro atoms. The number of hydrogen-bond acceptors (Lipinski definition) is 4. The molecule has 0 saturated heterocycles. The van der Waals surface area contributed by atoms with Crippen LogP contribution >= 0.6 is 0 Å². The summed E-state index contributed by atoms with van der Waals surface area (Å²) in [6.45, 7) is 4.24. The monoisotopic (exact) mass is 290 g/mol. The Bertz CT molecular complexity index is 636. The van der Waals surface area contributed by atoms with Gasteiger partial charge in [0.05, 0.1) is 17.3 Å². The molecule has 0 fully saturated rings. The van der Waals surface area contributed by atoms with E-state index in [2.05, 4.69) is 29.2 Å². The first-order valence-corrected chi connectivity index (χ1v) is 7.35. The zero-order valence-corrected chi connectivity index (χ0v) is 12.8. The number of anilines is 1. The molecule has 0 saturated carbocycles. The van der Waals surface area contributed by atoms with E-state index in [1.165, 1.54) is 19.0 Å². The van der Waals surface area contributed by atoms with Crippen molar-refractivity contribution in [2.24, 2.45) is 7.05 Å². The lowest BCUT2D eigenvalue weighted by molar-refractivity contribution is 0.0697. The standard InChI is InChI=1S/C15H22N4O2/c1-4-5-6-7-10(2)18-13-11-9-17-19(3)14(11)16-8-12(13)15(20)21/h8-10H,4-7H2,1-3H3,(H,16,18)(H,20,21). The van der Waals surface area contributed by atoms with E-state index in [9.17, 15) is 9.90 Å². The molecule has 1 atom stereocenters. The quantitative estimate of drug-likeness (QED) is 0.766. The summed E-state index contributed by atoms with van der Waals surface area (Å²) in [5.41, 5.74) is 1.49. The minimum absolute atomic E-state index is 0.192. The number of hydrogen-bond donors (Lipinski definition) is 2. The topological polar surface area (TPSA) is 80.0 Å². The number of pyridine rings is 1. The van der Waals surface area contributed by atoms with Crippen LogP contribution in [0, 0.1) is 0 Å². The van der Waals surface area contributed by atoms with Crippen LogP contribution in [0.1, 0.15) is 49.9 Å². The highest BCUT2D eigenvalue weighted by molar-refractivity contribution is 6.03. The Kier molecular flexibility index (Phi) is 4.77. The maximum atomic E-state index is 11.4. The largest absolute Gasteiger partial charge is 0.478 e. The molecule has 0 aromatic carbocycles. The summed E-state index contributed by atoms with van der Waals surface area (Å²) in [4.78, 5) is 15.6. The summed E-state index contributed by atoms with van der Waals surface area (Å²) >= 11 is 0. The molecule has 21 heavy (non-hydrogen) atoms. The van der Waals surface area contributed by atoms with E-state index in [0.29, 0.717) is 11.3 Å². The van der Waals surface area contributed by atoms with Crippen LogP contribution < -0.4 is 5.32 Å². The van der Waals surface area contributed by atoms with Crippen molar-refractivity contribution in [2.45, 2.75) is 45.6 Å². The number of carboxylic acids is 1. The van der Waals surface area contributed by atoms with Crippen LogP contribution in [-0.4, -0.2) is 31.9 Å². The Morgan fingerprint density at radius 1 is 1.43 bits per heavy atom. The van der Waals surface area contributed by atoms with Crippen molar-refractivity contribution in [3.8, 4) is 0 Å². The molecule has 2 rings (SSSR count). The molecular formula is C15H22N4O2. The van der Waals surface area contributed by atoms with Gasteiger partial charge in [-0.25, -0.2) is 9.78 Å². The van der Waals surface area contributed by atoms with Crippen molar-refractivity contribution < 1.29 is 9.90 Å². The molecule has 0 aliphatic rings. The molecule has 2 aromatic rings. The van der Waals surface area contributed by atoms with E-state index in [1.807, 2.05) is 0 Å². The highest BCUT2D eigenvalue weighted by atomic mass is 16.4. The maximum absolute atomic E-state index is 11.4. The van der Waals surface area contributed by atoms with Crippen molar-refractivity contribution in [1.29, 1.82) is 0 Å². The van der Waals surface area contributed by atoms with Crippen LogP contribution in [0.15, 0.2) is 12.4 Å². The van der Waals surface area contributed by atoms with Gasteiger partial charge in [-0.05, 0) is 13.3 Å². The van der Waals surface area contributed by atoms with Gasteiger partial charge in [0.15, 0.2) is 5.65 Å². The number of carboxylic acid groups (broad SMARTS) is 1. The Balaban J connectivity index is 2.31. The van der Waals surface area contributed by atoms with Gasteiger partial charge in [0.25, 0.3) is 0 Å². The fourth-order valence-corrected chi connectivity index (χ4v) is 2.43. The van der Waals surface area contributed by atoms with E-state index in [-0.39, 0.29) is 11.6 Å². The minimum Gasteiger partial charge on any atom is -0.478 e. The van der Waals surface area contributed by atoms with Gasteiger partial charge >= 0.3 is 5.97 Å². The Morgan fingerprint density at radius 3 is 2.86 bits per heavy atom. The van der Waals surface area contributed by atoms with Gasteiger partial charge in [-0.3, -0.25) is 4.68 Å². The third-order valence-electron chi connectivity index (χ3n) is 3.62. The number of nitrogens with one attached hydrogen (secondary N) is 1. The molecule has 0 aliphatic heterocycles. The second-order valence-corrected chi connectivity index (χ2v) is 5.40. The highest BCUT2D eigenvalue weighted by Gasteiger charge is 2.18. The molecule has 2 N–H and O–H groups in total. The van der Waals surface area contributed by atoms with E-state index in [4.69, 9.17) is 0 Å². The number of aromatic nitrogens is 3. The van der Waals surface area contributed by atoms with Crippen LogP contribution in [-0.2, 0) is 7.05 Å². The maximum Gasteiger partial charge on any atom is 0.339 e. The number of unbranched alkanes of at least 4 members (excludes halogenated alkanes) is 2. The number of carbonyl (C=O) groups is 1. The van der Waals surface area contributed by atoms with Crippen LogP contribution in [0.3, 0.4) is 0 Å². The Morgan fingerprint density at radius 2 is 2.19 bits per heavy atom. The van der Waals surface area contributed by atoms with E-state index >= 15 is 0 Å². The predicted molar refractivity (Wildman–Crippen MR) is 82.7 cm³/mol. The molecule has 2 heterocycles. The van der Waals surface area contributed by atoms with E-state index in [1.54, 1.807) is 17.9 Å². The average molecular weight is 290 g/mol. The third-order valence-corrected chi connectivity index (χ3v) is 3.62. The Hall–Kier alpha value is -2.11. The summed E-state index contributed by atoms with van der Waals surface area (Å²) in [6, 6.07) is 0.209. The fraction of sp³-hybridized carbons (Fsp3) is 0.533. The lowest BCUT2D eigenvalue weighted by Gasteiger charge is -2.17. The van der Waals surface area contributed by atoms with Crippen molar-refractivity contribution in [3.63, 3.8) is 0 Å². The van der Waals surface area contributed by atoms with Crippen molar-refractivity contribution >= 4 is 22.7 Å². The van der Waals surface area contributed by atoms with Gasteiger partial charge in [-0.2, -0.15) is 5.10 Å². The smallest absolute Gasteiger partial charge is 0.339 e. The lowest BCUT2D eigenvalue weighted by atomic mass is 10.1. The molecule has 0 radical (unpaired) electrons. The van der Waals surface area contributed by atoms with E-state index < -0.39 is 5.97 Å². The zero-order valence-electron chi connectivity index (χ0n) is 12.8. The first kappa shape index (κ1) is 15.3. The first-order chi connectivity index (χ1) is 10.0. The SMILES string of the molecule is CCCCCC(C)Nc1c(C(=O)O)cnc2c1cnn2C. The zero-order chi connectivity index (χ0) is 15.4. The van der Waals surface area contributed by atoms with Crippen LogP contribution in [0.5, 0.6) is 0 Å². The first-order valence-electron chi connectivity index (χ1n) is 7.35. The molecule has 6 heteroatoms. The minimum atomic E-state index is -0.975. The molecule has 114 valence electrons. The highest BCUT2D eigenvalue weighted by Crippen LogP contribution is 2.27. The van der Waals surface area contributed by atoms with Crippen LogP contribution in [0.4, 0.5) is 5.69 Å². The van der Waals surface area contributed by atoms with Crippen molar-refractivity contribution in [3.05, 3.63) is 18.0 Å². The van der Waals surface area contributed by atoms with Crippen LogP contribution in [0.2, 0.25) is 0 Å². The van der Waals surface area contributed by atoms with Gasteiger partial charge in [0.2, 0.25) is 0 Å². The van der Waals surface area contributed by atoms with Crippen molar-refractivity contribution in [2.75, 3.05) is 5.32 Å². The molecule has 2 aromatic heterocycles. The molecule has 0 bridgehead atoms. The number of aromatic carboxylic acids is 1. The predicted octanol–water partition coefficient (Wildman–Crippen LogP) is 3.05. The third kappa shape index (κ3) is 3.32. The van der Waals surface area contributed by atoms with Crippen molar-refractivity contribution in [1.82, 2.24) is 14.8 Å². The summed E-state index contributed by atoms with van der Waals surface area (Å²) in [7, 11) is 1.80. The number of rotatable bonds is 7. The summed E-state index contributed by atoms with van der Waals surface area (Å²) in [5, 5.41) is 17.6. The summed E-state index contributed by atoms with van der Waals surface area (Å²) in [5.74, 6) is -0.975. The number of aryl methyl sites for hydroxylation is 1. The van der Waals surface area contributed by atoms with Gasteiger partial charge < -0.3 is 10.4 Å².